The molecule has 13 heavy (non-hydrogen) atoms. The van der Waals surface area contributed by atoms with Crippen molar-refractivity contribution in [2.24, 2.45) is 0 Å². The average molecular weight is 178 g/mol. The second kappa shape index (κ2) is 3.43. The molecule has 0 radical (unpaired) electrons. The lowest BCUT2D eigenvalue weighted by Gasteiger charge is -2.22. The number of ether oxygens (including phenoxy) is 1. The zero-order chi connectivity index (χ0) is 9.10. The van der Waals surface area contributed by atoms with Crippen molar-refractivity contribution in [1.82, 2.24) is 10.3 Å². The van der Waals surface area contributed by atoms with Crippen LogP contribution in [-0.2, 0) is 4.74 Å². The molecule has 4 nitrogen and oxygen atoms in total. The van der Waals surface area contributed by atoms with Gasteiger partial charge in [0, 0.05) is 12.6 Å². The third-order valence-corrected chi connectivity index (χ3v) is 1.98. The van der Waals surface area contributed by atoms with E-state index in [2.05, 4.69) is 10.3 Å². The predicted octanol–water partition coefficient (Wildman–Crippen LogP) is 1.25. The fourth-order valence-electron chi connectivity index (χ4n) is 1.33. The van der Waals surface area contributed by atoms with Crippen molar-refractivity contribution in [3.63, 3.8) is 0 Å². The van der Waals surface area contributed by atoms with Gasteiger partial charge in [-0.25, -0.2) is 4.79 Å². The number of rotatable bonds is 1. The molecule has 1 N–H and O–H groups in total. The van der Waals surface area contributed by atoms with Crippen molar-refractivity contribution in [2.45, 2.75) is 12.5 Å². The highest BCUT2D eigenvalue weighted by Crippen LogP contribution is 2.16. The zero-order valence-corrected chi connectivity index (χ0v) is 7.06. The molecule has 0 aromatic carbocycles. The van der Waals surface area contributed by atoms with Crippen LogP contribution in [0.2, 0.25) is 0 Å². The first-order valence-electron chi connectivity index (χ1n) is 4.20. The molecule has 1 aliphatic heterocycles. The van der Waals surface area contributed by atoms with Crippen molar-refractivity contribution in [3.8, 4) is 0 Å². The fourth-order valence-corrected chi connectivity index (χ4v) is 1.33. The first-order chi connectivity index (χ1) is 6.36. The summed E-state index contributed by atoms with van der Waals surface area (Å²) in [4.78, 5) is 15.1. The number of alkyl carbamates (subject to hydrolysis) is 1. The lowest BCUT2D eigenvalue weighted by atomic mass is 10.1. The Kier molecular flexibility index (Phi) is 2.12. The van der Waals surface area contributed by atoms with Crippen LogP contribution in [0, 0.1) is 0 Å². The normalized spacial score (nSPS) is 21.8. The van der Waals surface area contributed by atoms with Gasteiger partial charge in [-0.3, -0.25) is 4.98 Å². The van der Waals surface area contributed by atoms with Crippen LogP contribution in [0.25, 0.3) is 0 Å². The summed E-state index contributed by atoms with van der Waals surface area (Å²) in [7, 11) is 0. The molecule has 0 unspecified atom stereocenters. The Morgan fingerprint density at radius 1 is 1.54 bits per heavy atom. The molecular formula is C9H10N2O2. The van der Waals surface area contributed by atoms with E-state index in [4.69, 9.17) is 4.74 Å². The second-order valence-corrected chi connectivity index (χ2v) is 2.88. The number of pyridine rings is 1. The Balaban J connectivity index is 2.13. The maximum atomic E-state index is 10.9. The minimum atomic E-state index is -0.359. The highest BCUT2D eigenvalue weighted by molar-refractivity contribution is 5.68. The molecule has 1 amide bonds. The van der Waals surface area contributed by atoms with Crippen molar-refractivity contribution in [3.05, 3.63) is 30.1 Å². The largest absolute Gasteiger partial charge is 0.449 e. The predicted molar refractivity (Wildman–Crippen MR) is 46.1 cm³/mol. The molecule has 4 heteroatoms. The Morgan fingerprint density at radius 3 is 3.15 bits per heavy atom. The van der Waals surface area contributed by atoms with Crippen molar-refractivity contribution < 1.29 is 9.53 Å². The summed E-state index contributed by atoms with van der Waals surface area (Å²) in [5, 5.41) is 2.71. The lowest BCUT2D eigenvalue weighted by Crippen LogP contribution is -2.35. The minimum Gasteiger partial charge on any atom is -0.449 e. The van der Waals surface area contributed by atoms with E-state index >= 15 is 0 Å². The molecule has 1 aromatic rings. The monoisotopic (exact) mass is 178 g/mol. The Labute approximate surface area is 75.9 Å². The van der Waals surface area contributed by atoms with E-state index in [0.717, 1.165) is 12.1 Å². The van der Waals surface area contributed by atoms with E-state index in [1.54, 1.807) is 6.20 Å². The molecule has 2 heterocycles. The molecule has 1 fully saturated rings. The van der Waals surface area contributed by atoms with Crippen molar-refractivity contribution in [1.29, 1.82) is 0 Å². The molecular weight excluding hydrogens is 168 g/mol. The topological polar surface area (TPSA) is 51.2 Å². The van der Waals surface area contributed by atoms with Crippen LogP contribution in [0.3, 0.4) is 0 Å². The summed E-state index contributed by atoms with van der Waals surface area (Å²) in [6.45, 7) is 0.465. The van der Waals surface area contributed by atoms with Crippen molar-refractivity contribution >= 4 is 6.09 Å². The molecule has 1 atom stereocenters. The van der Waals surface area contributed by atoms with Gasteiger partial charge >= 0.3 is 6.09 Å². The number of carbonyl (C=O) groups is 1. The highest BCUT2D eigenvalue weighted by Gasteiger charge is 2.20. The maximum absolute atomic E-state index is 10.9. The molecule has 1 aromatic heterocycles. The molecule has 0 aliphatic carbocycles. The number of hydrogen-bond donors (Lipinski definition) is 1. The van der Waals surface area contributed by atoms with Crippen LogP contribution in [-0.4, -0.2) is 17.7 Å². The van der Waals surface area contributed by atoms with Gasteiger partial charge in [0.2, 0.25) is 0 Å². The summed E-state index contributed by atoms with van der Waals surface area (Å²) >= 11 is 0. The van der Waals surface area contributed by atoms with Gasteiger partial charge in [0.05, 0.1) is 18.3 Å². The van der Waals surface area contributed by atoms with Crippen LogP contribution in [0.1, 0.15) is 18.2 Å². The van der Waals surface area contributed by atoms with Gasteiger partial charge in [-0.15, -0.1) is 0 Å². The fraction of sp³-hybridized carbons (Fsp3) is 0.333. The van der Waals surface area contributed by atoms with Gasteiger partial charge in [0.25, 0.3) is 0 Å². The number of aromatic nitrogens is 1. The molecule has 68 valence electrons. The van der Waals surface area contributed by atoms with E-state index in [-0.39, 0.29) is 12.1 Å². The van der Waals surface area contributed by atoms with E-state index in [1.165, 1.54) is 0 Å². The maximum Gasteiger partial charge on any atom is 0.407 e. The second-order valence-electron chi connectivity index (χ2n) is 2.88. The SMILES string of the molecule is O=C1N[C@@H](c2ccccn2)CCO1. The number of nitrogens with one attached hydrogen (secondary N) is 1. The Morgan fingerprint density at radius 2 is 2.46 bits per heavy atom. The summed E-state index contributed by atoms with van der Waals surface area (Å²) in [6, 6.07) is 5.66. The number of cyclic esters (lactones) is 1. The molecule has 0 saturated carbocycles. The Bertz CT molecular complexity index is 300. The van der Waals surface area contributed by atoms with Crippen LogP contribution in [0.5, 0.6) is 0 Å². The molecule has 0 spiro atoms. The quantitative estimate of drug-likeness (QED) is 0.704. The zero-order valence-electron chi connectivity index (χ0n) is 7.06. The summed E-state index contributed by atoms with van der Waals surface area (Å²) in [6.07, 6.45) is 2.14. The smallest absolute Gasteiger partial charge is 0.407 e. The number of nitrogens with zero attached hydrogens (tertiary/aromatic N) is 1. The highest BCUT2D eigenvalue weighted by atomic mass is 16.5. The summed E-state index contributed by atoms with van der Waals surface area (Å²) in [5.74, 6) is 0. The van der Waals surface area contributed by atoms with E-state index in [9.17, 15) is 4.79 Å². The average Bonchev–Trinajstić information content (AvgIpc) is 2.19. The van der Waals surface area contributed by atoms with Gasteiger partial charge in [0.15, 0.2) is 0 Å². The van der Waals surface area contributed by atoms with Crippen LogP contribution < -0.4 is 5.32 Å². The lowest BCUT2D eigenvalue weighted by molar-refractivity contribution is 0.115. The Hall–Kier alpha value is -1.58. The molecule has 1 aliphatic rings. The van der Waals surface area contributed by atoms with E-state index in [0.29, 0.717) is 6.61 Å². The minimum absolute atomic E-state index is 0.00227. The first-order valence-corrected chi connectivity index (χ1v) is 4.20. The molecule has 2 rings (SSSR count). The van der Waals surface area contributed by atoms with Gasteiger partial charge < -0.3 is 10.1 Å². The van der Waals surface area contributed by atoms with Gasteiger partial charge in [-0.05, 0) is 12.1 Å². The standard InChI is InChI=1S/C9H10N2O2/c12-9-11-8(4-6-13-9)7-3-1-2-5-10-7/h1-3,5,8H,4,6H2,(H,11,12)/t8-/m1/s1. The van der Waals surface area contributed by atoms with E-state index in [1.807, 2.05) is 18.2 Å². The van der Waals surface area contributed by atoms with Gasteiger partial charge in [-0.1, -0.05) is 6.07 Å². The van der Waals surface area contributed by atoms with Crippen molar-refractivity contribution in [2.75, 3.05) is 6.61 Å². The third kappa shape index (κ3) is 1.77. The summed E-state index contributed by atoms with van der Waals surface area (Å²) < 4.78 is 4.75. The van der Waals surface area contributed by atoms with Gasteiger partial charge in [0.1, 0.15) is 0 Å². The van der Waals surface area contributed by atoms with Crippen LogP contribution in [0.4, 0.5) is 4.79 Å². The van der Waals surface area contributed by atoms with Crippen LogP contribution >= 0.6 is 0 Å². The third-order valence-electron chi connectivity index (χ3n) is 1.98. The van der Waals surface area contributed by atoms with E-state index < -0.39 is 0 Å². The number of hydrogen-bond acceptors (Lipinski definition) is 3. The molecule has 0 bridgehead atoms. The first kappa shape index (κ1) is 8.04. The van der Waals surface area contributed by atoms with Gasteiger partial charge in [-0.2, -0.15) is 0 Å². The number of amides is 1. The van der Waals surface area contributed by atoms with Crippen LogP contribution in [0.15, 0.2) is 24.4 Å². The summed E-state index contributed by atoms with van der Waals surface area (Å²) in [5.41, 5.74) is 0.888. The number of carbonyl (C=O) groups excluding carboxylic acids is 1. The molecule has 1 saturated heterocycles.